The number of piperidine rings is 1. The van der Waals surface area contributed by atoms with E-state index in [1.807, 2.05) is 36.4 Å². The van der Waals surface area contributed by atoms with Gasteiger partial charge in [-0.3, -0.25) is 14.7 Å². The van der Waals surface area contributed by atoms with Crippen LogP contribution in [0.4, 0.5) is 0 Å². The van der Waals surface area contributed by atoms with E-state index in [4.69, 9.17) is 27.7 Å². The number of carbonyl (C=O) groups excluding carboxylic acids is 1. The molecule has 1 N–H and O–H groups in total. The van der Waals surface area contributed by atoms with Crippen LogP contribution < -0.4 is 5.32 Å². The zero-order valence-corrected chi connectivity index (χ0v) is 18.9. The molecule has 1 saturated carbocycles. The molecule has 2 aromatic heterocycles. The summed E-state index contributed by atoms with van der Waals surface area (Å²) in [4.78, 5) is 23.8. The van der Waals surface area contributed by atoms with Crippen LogP contribution in [-0.4, -0.2) is 45.1 Å². The van der Waals surface area contributed by atoms with Crippen molar-refractivity contribution in [2.24, 2.45) is 5.92 Å². The van der Waals surface area contributed by atoms with Crippen LogP contribution in [-0.2, 0) is 11.3 Å². The van der Waals surface area contributed by atoms with E-state index < -0.39 is 0 Å². The number of nitrogens with zero attached hydrogens (tertiary/aromatic N) is 4. The maximum atomic E-state index is 12.7. The molecule has 1 aliphatic heterocycles. The number of pyridine rings is 1. The molecule has 166 valence electrons. The largest absolute Gasteiger partial charge is 0.353 e. The molecule has 1 saturated heterocycles. The molecule has 32 heavy (non-hydrogen) atoms. The number of aromatic nitrogens is 3. The molecule has 5 rings (SSSR count). The van der Waals surface area contributed by atoms with E-state index in [2.05, 4.69) is 25.3 Å². The lowest BCUT2D eigenvalue weighted by atomic mass is 10.0. The van der Waals surface area contributed by atoms with Crippen molar-refractivity contribution in [3.05, 3.63) is 64.1 Å². The van der Waals surface area contributed by atoms with Gasteiger partial charge in [-0.15, -0.1) is 0 Å². The van der Waals surface area contributed by atoms with Gasteiger partial charge in [0.25, 0.3) is 0 Å². The van der Waals surface area contributed by atoms with E-state index in [0.717, 1.165) is 44.5 Å². The first-order valence-electron chi connectivity index (χ1n) is 10.8. The van der Waals surface area contributed by atoms with E-state index in [1.54, 1.807) is 6.20 Å². The Labute approximate surface area is 196 Å². The van der Waals surface area contributed by atoms with E-state index in [1.165, 1.54) is 0 Å². The van der Waals surface area contributed by atoms with Crippen molar-refractivity contribution in [3.8, 4) is 11.5 Å². The Bertz CT molecular complexity index is 1100. The minimum absolute atomic E-state index is 0.00490. The first-order valence-corrected chi connectivity index (χ1v) is 11.5. The zero-order chi connectivity index (χ0) is 22.1. The number of rotatable bonds is 6. The van der Waals surface area contributed by atoms with Crippen molar-refractivity contribution in [1.29, 1.82) is 0 Å². The van der Waals surface area contributed by atoms with Crippen LogP contribution in [0.15, 0.2) is 47.1 Å². The number of hydrogen-bond acceptors (Lipinski definition) is 6. The van der Waals surface area contributed by atoms with Crippen molar-refractivity contribution in [3.63, 3.8) is 0 Å². The molecule has 0 spiro atoms. The topological polar surface area (TPSA) is 84.2 Å². The second-order valence-electron chi connectivity index (χ2n) is 8.43. The number of likely N-dealkylation sites (tertiary alicyclic amines) is 1. The molecular weight excluding hydrogens is 449 g/mol. The summed E-state index contributed by atoms with van der Waals surface area (Å²) in [5.74, 6) is 0.953. The minimum Gasteiger partial charge on any atom is -0.353 e. The van der Waals surface area contributed by atoms with Crippen molar-refractivity contribution in [2.45, 2.75) is 37.8 Å². The number of carbonyl (C=O) groups is 1. The Balaban J connectivity index is 1.09. The van der Waals surface area contributed by atoms with Crippen LogP contribution in [0.5, 0.6) is 0 Å². The molecule has 1 aliphatic carbocycles. The fourth-order valence-corrected chi connectivity index (χ4v) is 4.50. The SMILES string of the molecule is O=C(NC1CCN(Cc2ccc(Cl)c(Cl)c2)CC1)C1CC1c1nc(-c2ccccn2)no1. The van der Waals surface area contributed by atoms with Crippen LogP contribution >= 0.6 is 23.2 Å². The van der Waals surface area contributed by atoms with Gasteiger partial charge in [-0.1, -0.05) is 40.5 Å². The highest BCUT2D eigenvalue weighted by Gasteiger charge is 2.48. The van der Waals surface area contributed by atoms with Crippen LogP contribution in [0, 0.1) is 5.92 Å². The van der Waals surface area contributed by atoms with E-state index in [-0.39, 0.29) is 23.8 Å². The van der Waals surface area contributed by atoms with Gasteiger partial charge in [0.15, 0.2) is 0 Å². The van der Waals surface area contributed by atoms with Gasteiger partial charge >= 0.3 is 0 Å². The van der Waals surface area contributed by atoms with Gasteiger partial charge in [-0.2, -0.15) is 4.98 Å². The molecule has 3 aromatic rings. The second-order valence-corrected chi connectivity index (χ2v) is 9.24. The average Bonchev–Trinajstić information content (AvgIpc) is 3.46. The summed E-state index contributed by atoms with van der Waals surface area (Å²) in [6, 6.07) is 11.5. The van der Waals surface area contributed by atoms with E-state index in [0.29, 0.717) is 27.5 Å². The zero-order valence-electron chi connectivity index (χ0n) is 17.4. The molecular formula is C23H23Cl2N5O2. The summed E-state index contributed by atoms with van der Waals surface area (Å²) in [6.45, 7) is 2.69. The van der Waals surface area contributed by atoms with E-state index >= 15 is 0 Å². The second kappa shape index (κ2) is 9.17. The summed E-state index contributed by atoms with van der Waals surface area (Å²) in [5, 5.41) is 8.38. The summed E-state index contributed by atoms with van der Waals surface area (Å²) >= 11 is 12.1. The normalized spacial score (nSPS) is 21.4. The van der Waals surface area contributed by atoms with Gasteiger partial charge in [0.1, 0.15) is 5.69 Å². The summed E-state index contributed by atoms with van der Waals surface area (Å²) in [6.07, 6.45) is 4.28. The number of nitrogens with one attached hydrogen (secondary N) is 1. The first kappa shape index (κ1) is 21.4. The molecule has 1 amide bonds. The third-order valence-corrected chi connectivity index (χ3v) is 6.84. The Hall–Kier alpha value is -2.48. The van der Waals surface area contributed by atoms with Crippen molar-refractivity contribution in [2.75, 3.05) is 13.1 Å². The molecule has 2 unspecified atom stereocenters. The molecule has 7 nitrogen and oxygen atoms in total. The standard InChI is InChI=1S/C23H23Cl2N5O2/c24-18-5-4-14(11-19(18)25)13-30-9-6-15(7-10-30)27-22(31)16-12-17(16)23-28-21(29-32-23)20-3-1-2-8-26-20/h1-5,8,11,15-17H,6-7,9-10,12-13H2,(H,27,31). The molecule has 3 heterocycles. The number of halogens is 2. The van der Waals surface area contributed by atoms with Crippen molar-refractivity contribution in [1.82, 2.24) is 25.3 Å². The Morgan fingerprint density at radius 3 is 2.75 bits per heavy atom. The Kier molecular flexibility index (Phi) is 6.13. The molecule has 2 aliphatic rings. The maximum Gasteiger partial charge on any atom is 0.230 e. The van der Waals surface area contributed by atoms with Gasteiger partial charge < -0.3 is 9.84 Å². The fraction of sp³-hybridized carbons (Fsp3) is 0.391. The lowest BCUT2D eigenvalue weighted by Crippen LogP contribution is -2.44. The number of benzene rings is 1. The fourth-order valence-electron chi connectivity index (χ4n) is 4.18. The predicted molar refractivity (Wildman–Crippen MR) is 121 cm³/mol. The highest BCUT2D eigenvalue weighted by molar-refractivity contribution is 6.42. The van der Waals surface area contributed by atoms with Gasteiger partial charge in [-0.25, -0.2) is 0 Å². The van der Waals surface area contributed by atoms with Gasteiger partial charge in [0.05, 0.1) is 21.9 Å². The Morgan fingerprint density at radius 2 is 2.00 bits per heavy atom. The summed E-state index contributed by atoms with van der Waals surface area (Å²) in [5.41, 5.74) is 1.81. The molecule has 2 atom stereocenters. The van der Waals surface area contributed by atoms with Crippen LogP contribution in [0.25, 0.3) is 11.5 Å². The first-order chi connectivity index (χ1) is 15.6. The highest BCUT2D eigenvalue weighted by Crippen LogP contribution is 2.47. The molecule has 0 bridgehead atoms. The van der Waals surface area contributed by atoms with Crippen LogP contribution in [0.3, 0.4) is 0 Å². The number of hydrogen-bond donors (Lipinski definition) is 1. The van der Waals surface area contributed by atoms with Crippen LogP contribution in [0.2, 0.25) is 10.0 Å². The van der Waals surface area contributed by atoms with Crippen molar-refractivity contribution < 1.29 is 9.32 Å². The van der Waals surface area contributed by atoms with Crippen LogP contribution in [0.1, 0.15) is 36.6 Å². The quantitative estimate of drug-likeness (QED) is 0.575. The summed E-state index contributed by atoms with van der Waals surface area (Å²) < 4.78 is 5.39. The predicted octanol–water partition coefficient (Wildman–Crippen LogP) is 4.32. The number of amides is 1. The molecule has 2 fully saturated rings. The Morgan fingerprint density at radius 1 is 1.16 bits per heavy atom. The maximum absolute atomic E-state index is 12.7. The van der Waals surface area contributed by atoms with Crippen molar-refractivity contribution >= 4 is 29.1 Å². The van der Waals surface area contributed by atoms with Gasteiger partial charge in [-0.05, 0) is 49.1 Å². The molecule has 1 aromatic carbocycles. The smallest absolute Gasteiger partial charge is 0.230 e. The lowest BCUT2D eigenvalue weighted by molar-refractivity contribution is -0.123. The summed E-state index contributed by atoms with van der Waals surface area (Å²) in [7, 11) is 0. The highest BCUT2D eigenvalue weighted by atomic mass is 35.5. The van der Waals surface area contributed by atoms with Gasteiger partial charge in [0.2, 0.25) is 17.6 Å². The average molecular weight is 472 g/mol. The third-order valence-electron chi connectivity index (χ3n) is 6.10. The molecule has 9 heteroatoms. The minimum atomic E-state index is -0.0960. The third kappa shape index (κ3) is 4.80. The molecule has 0 radical (unpaired) electrons. The monoisotopic (exact) mass is 471 g/mol. The lowest BCUT2D eigenvalue weighted by Gasteiger charge is -2.32. The van der Waals surface area contributed by atoms with E-state index in [9.17, 15) is 4.79 Å². The van der Waals surface area contributed by atoms with Gasteiger partial charge in [0, 0.05) is 31.9 Å².